The highest BCUT2D eigenvalue weighted by Gasteiger charge is 2.23. The highest BCUT2D eigenvalue weighted by molar-refractivity contribution is 6.32. The highest BCUT2D eigenvalue weighted by Crippen LogP contribution is 2.30. The van der Waals surface area contributed by atoms with Gasteiger partial charge in [0, 0.05) is 12.6 Å². The van der Waals surface area contributed by atoms with Crippen LogP contribution in [0.4, 0.5) is 0 Å². The number of nitrogens with zero attached hydrogens (tertiary/aromatic N) is 1. The number of hydrogen-bond donors (Lipinski definition) is 1. The molecule has 106 valence electrons. The predicted molar refractivity (Wildman–Crippen MR) is 80.6 cm³/mol. The van der Waals surface area contributed by atoms with Gasteiger partial charge in [-0.05, 0) is 56.3 Å². The molecule has 0 amide bonds. The van der Waals surface area contributed by atoms with Gasteiger partial charge in [-0.15, -0.1) is 0 Å². The summed E-state index contributed by atoms with van der Waals surface area (Å²) in [7, 11) is 2.19. The van der Waals surface area contributed by atoms with Crippen molar-refractivity contribution in [2.24, 2.45) is 5.92 Å². The number of benzene rings is 1. The standard InChI is InChI=1S/C16H24ClNO/c1-3-12-4-7-14(8-5-12)18(2)11-13-6-9-16(19)15(17)10-13/h6,9-10,12,14,19H,3-5,7-8,11H2,1-2H3. The van der Waals surface area contributed by atoms with E-state index in [4.69, 9.17) is 11.6 Å². The van der Waals surface area contributed by atoms with E-state index in [-0.39, 0.29) is 5.75 Å². The van der Waals surface area contributed by atoms with Crippen LogP contribution in [-0.4, -0.2) is 23.1 Å². The van der Waals surface area contributed by atoms with Crippen molar-refractivity contribution in [2.75, 3.05) is 7.05 Å². The Bertz CT molecular complexity index is 413. The van der Waals surface area contributed by atoms with E-state index in [2.05, 4.69) is 18.9 Å². The van der Waals surface area contributed by atoms with Crippen LogP contribution in [0.25, 0.3) is 0 Å². The molecule has 0 aliphatic heterocycles. The van der Waals surface area contributed by atoms with Crippen LogP contribution in [0.3, 0.4) is 0 Å². The molecule has 2 rings (SSSR count). The van der Waals surface area contributed by atoms with E-state index >= 15 is 0 Å². The largest absolute Gasteiger partial charge is 0.506 e. The van der Waals surface area contributed by atoms with Gasteiger partial charge >= 0.3 is 0 Å². The molecule has 1 aliphatic rings. The summed E-state index contributed by atoms with van der Waals surface area (Å²) in [5.74, 6) is 1.10. The van der Waals surface area contributed by atoms with E-state index in [0.29, 0.717) is 11.1 Å². The Hall–Kier alpha value is -0.730. The molecule has 0 heterocycles. The predicted octanol–water partition coefficient (Wildman–Crippen LogP) is 4.45. The Morgan fingerprint density at radius 3 is 2.53 bits per heavy atom. The van der Waals surface area contributed by atoms with Gasteiger partial charge in [-0.2, -0.15) is 0 Å². The van der Waals surface area contributed by atoms with Gasteiger partial charge in [0.2, 0.25) is 0 Å². The summed E-state index contributed by atoms with van der Waals surface area (Å²) < 4.78 is 0. The second-order valence-electron chi connectivity index (χ2n) is 5.78. The summed E-state index contributed by atoms with van der Waals surface area (Å²) in [5, 5.41) is 9.88. The lowest BCUT2D eigenvalue weighted by atomic mass is 9.84. The van der Waals surface area contributed by atoms with Crippen LogP contribution >= 0.6 is 11.6 Å². The summed E-state index contributed by atoms with van der Waals surface area (Å²) in [6, 6.07) is 6.19. The molecule has 1 aromatic rings. The molecule has 2 nitrogen and oxygen atoms in total. The molecule has 3 heteroatoms. The quantitative estimate of drug-likeness (QED) is 0.881. The van der Waals surface area contributed by atoms with Gasteiger partial charge < -0.3 is 5.11 Å². The van der Waals surface area contributed by atoms with Crippen molar-refractivity contribution >= 4 is 11.6 Å². The molecule has 1 fully saturated rings. The van der Waals surface area contributed by atoms with Gasteiger partial charge in [-0.1, -0.05) is 31.0 Å². The molecule has 0 saturated heterocycles. The SMILES string of the molecule is CCC1CCC(N(C)Cc2ccc(O)c(Cl)c2)CC1. The van der Waals surface area contributed by atoms with Crippen LogP contribution in [0.2, 0.25) is 5.02 Å². The maximum absolute atomic E-state index is 9.44. The summed E-state index contributed by atoms with van der Waals surface area (Å²) in [5.41, 5.74) is 1.17. The number of halogens is 1. The second kappa shape index (κ2) is 6.62. The minimum Gasteiger partial charge on any atom is -0.506 e. The Morgan fingerprint density at radius 2 is 1.95 bits per heavy atom. The molecule has 1 N–H and O–H groups in total. The van der Waals surface area contributed by atoms with Crippen molar-refractivity contribution in [1.29, 1.82) is 0 Å². The molecular formula is C16H24ClNO. The van der Waals surface area contributed by atoms with Gasteiger partial charge in [0.25, 0.3) is 0 Å². The van der Waals surface area contributed by atoms with Gasteiger partial charge in [0.1, 0.15) is 5.75 Å². The molecule has 0 aromatic heterocycles. The third kappa shape index (κ3) is 3.87. The molecular weight excluding hydrogens is 258 g/mol. The van der Waals surface area contributed by atoms with Crippen LogP contribution in [0.1, 0.15) is 44.6 Å². The normalized spacial score (nSPS) is 23.8. The van der Waals surface area contributed by atoms with Gasteiger partial charge in [-0.3, -0.25) is 4.90 Å². The molecule has 1 aromatic carbocycles. The Labute approximate surface area is 121 Å². The average Bonchev–Trinajstić information content (AvgIpc) is 2.43. The molecule has 1 aliphatic carbocycles. The zero-order valence-electron chi connectivity index (χ0n) is 11.9. The topological polar surface area (TPSA) is 23.5 Å². The van der Waals surface area contributed by atoms with E-state index in [1.807, 2.05) is 12.1 Å². The van der Waals surface area contributed by atoms with Crippen molar-refractivity contribution in [2.45, 2.75) is 51.6 Å². The first kappa shape index (κ1) is 14.7. The smallest absolute Gasteiger partial charge is 0.134 e. The summed E-state index contributed by atoms with van der Waals surface area (Å²) in [4.78, 5) is 2.43. The molecule has 1 saturated carbocycles. The van der Waals surface area contributed by atoms with E-state index in [1.165, 1.54) is 37.7 Å². The lowest BCUT2D eigenvalue weighted by molar-refractivity contribution is 0.157. The lowest BCUT2D eigenvalue weighted by Crippen LogP contribution is -2.34. The molecule has 0 bridgehead atoms. The van der Waals surface area contributed by atoms with Gasteiger partial charge in [0.05, 0.1) is 5.02 Å². The number of aromatic hydroxyl groups is 1. The number of rotatable bonds is 4. The molecule has 0 atom stereocenters. The van der Waals surface area contributed by atoms with E-state index in [1.54, 1.807) is 6.07 Å². The highest BCUT2D eigenvalue weighted by atomic mass is 35.5. The van der Waals surface area contributed by atoms with E-state index < -0.39 is 0 Å². The average molecular weight is 282 g/mol. The van der Waals surface area contributed by atoms with Crippen LogP contribution in [0.5, 0.6) is 5.75 Å². The zero-order chi connectivity index (χ0) is 13.8. The minimum absolute atomic E-state index is 0.163. The Morgan fingerprint density at radius 1 is 1.26 bits per heavy atom. The summed E-state index contributed by atoms with van der Waals surface area (Å²) in [6.07, 6.45) is 6.66. The monoisotopic (exact) mass is 281 g/mol. The molecule has 0 radical (unpaired) electrons. The Kier molecular flexibility index (Phi) is 5.12. The Balaban J connectivity index is 1.90. The van der Waals surface area contributed by atoms with Crippen LogP contribution in [0, 0.1) is 5.92 Å². The van der Waals surface area contributed by atoms with Crippen molar-refractivity contribution in [3.8, 4) is 5.75 Å². The van der Waals surface area contributed by atoms with Crippen molar-refractivity contribution in [3.63, 3.8) is 0 Å². The first-order valence-electron chi connectivity index (χ1n) is 7.27. The fourth-order valence-electron chi connectivity index (χ4n) is 3.06. The molecule has 0 unspecified atom stereocenters. The van der Waals surface area contributed by atoms with Crippen molar-refractivity contribution in [3.05, 3.63) is 28.8 Å². The third-order valence-electron chi connectivity index (χ3n) is 4.46. The fourth-order valence-corrected chi connectivity index (χ4v) is 3.26. The van der Waals surface area contributed by atoms with E-state index in [0.717, 1.165) is 12.5 Å². The van der Waals surface area contributed by atoms with Crippen LogP contribution < -0.4 is 0 Å². The summed E-state index contributed by atoms with van der Waals surface area (Å²) >= 11 is 5.95. The maximum atomic E-state index is 9.44. The van der Waals surface area contributed by atoms with Gasteiger partial charge in [-0.25, -0.2) is 0 Å². The third-order valence-corrected chi connectivity index (χ3v) is 4.76. The minimum atomic E-state index is 0.163. The van der Waals surface area contributed by atoms with Crippen molar-refractivity contribution in [1.82, 2.24) is 4.90 Å². The number of hydrogen-bond acceptors (Lipinski definition) is 2. The lowest BCUT2D eigenvalue weighted by Gasteiger charge is -2.34. The first-order valence-corrected chi connectivity index (χ1v) is 7.65. The zero-order valence-corrected chi connectivity index (χ0v) is 12.7. The van der Waals surface area contributed by atoms with E-state index in [9.17, 15) is 5.11 Å². The van der Waals surface area contributed by atoms with Crippen LogP contribution in [0.15, 0.2) is 18.2 Å². The maximum Gasteiger partial charge on any atom is 0.134 e. The van der Waals surface area contributed by atoms with Crippen molar-refractivity contribution < 1.29 is 5.11 Å². The molecule has 19 heavy (non-hydrogen) atoms. The summed E-state index contributed by atoms with van der Waals surface area (Å²) in [6.45, 7) is 3.20. The number of phenolic OH excluding ortho intramolecular Hbond substituents is 1. The second-order valence-corrected chi connectivity index (χ2v) is 6.19. The molecule has 0 spiro atoms. The van der Waals surface area contributed by atoms with Gasteiger partial charge in [0.15, 0.2) is 0 Å². The number of phenols is 1. The first-order chi connectivity index (χ1) is 9.10. The van der Waals surface area contributed by atoms with Crippen LogP contribution in [-0.2, 0) is 6.54 Å². The fraction of sp³-hybridized carbons (Fsp3) is 0.625.